The fourth-order valence-electron chi connectivity index (χ4n) is 1.70. The number of thiocarbonyl (C=S) groups is 1. The molecule has 1 aromatic rings. The van der Waals surface area contributed by atoms with Gasteiger partial charge < -0.3 is 0 Å². The van der Waals surface area contributed by atoms with E-state index in [9.17, 15) is 13.8 Å². The number of amides is 3. The van der Waals surface area contributed by atoms with E-state index in [1.54, 1.807) is 38.1 Å². The molecular weight excluding hydrogens is 354 g/mol. The van der Waals surface area contributed by atoms with Crippen LogP contribution in [0.15, 0.2) is 39.6 Å². The molecule has 2 rings (SSSR count). The second-order valence-electron chi connectivity index (χ2n) is 4.96. The van der Waals surface area contributed by atoms with Crippen LogP contribution in [0.1, 0.15) is 19.4 Å². The SMILES string of the molecule is CC(C)=C1SC(=S)N(NC(=O)NS(=O)c2ccc(C)cc2)C1=O. The van der Waals surface area contributed by atoms with Crippen LogP contribution in [0.4, 0.5) is 4.79 Å². The number of thioether (sulfide) groups is 1. The van der Waals surface area contributed by atoms with E-state index in [2.05, 4.69) is 10.1 Å². The van der Waals surface area contributed by atoms with E-state index in [4.69, 9.17) is 12.2 Å². The van der Waals surface area contributed by atoms with Gasteiger partial charge >= 0.3 is 6.03 Å². The summed E-state index contributed by atoms with van der Waals surface area (Å²) in [5.74, 6) is -0.392. The number of allylic oxidation sites excluding steroid dienone is 1. The molecule has 0 bridgehead atoms. The third kappa shape index (κ3) is 4.18. The number of hydrogen-bond acceptors (Lipinski definition) is 5. The maximum atomic E-state index is 12.1. The monoisotopic (exact) mass is 369 g/mol. The van der Waals surface area contributed by atoms with Crippen LogP contribution < -0.4 is 10.1 Å². The summed E-state index contributed by atoms with van der Waals surface area (Å²) in [6, 6.07) is 6.14. The summed E-state index contributed by atoms with van der Waals surface area (Å²) in [5.41, 5.74) is 4.16. The Morgan fingerprint density at radius 1 is 1.26 bits per heavy atom. The van der Waals surface area contributed by atoms with Crippen LogP contribution in [0.2, 0.25) is 0 Å². The first kappa shape index (κ1) is 17.6. The highest BCUT2D eigenvalue weighted by Crippen LogP contribution is 2.31. The van der Waals surface area contributed by atoms with Crippen LogP contribution >= 0.6 is 24.0 Å². The van der Waals surface area contributed by atoms with Gasteiger partial charge in [-0.3, -0.25) is 9.52 Å². The number of nitrogens with zero attached hydrogens (tertiary/aromatic N) is 1. The fourth-order valence-corrected chi connectivity index (χ4v) is 3.57. The maximum absolute atomic E-state index is 12.1. The number of aryl methyl sites for hydroxylation is 1. The van der Waals surface area contributed by atoms with Crippen molar-refractivity contribution in [3.63, 3.8) is 0 Å². The molecule has 0 aliphatic carbocycles. The number of carbonyl (C=O) groups excluding carboxylic acids is 2. The van der Waals surface area contributed by atoms with Crippen molar-refractivity contribution in [3.05, 3.63) is 40.3 Å². The van der Waals surface area contributed by atoms with Gasteiger partial charge in [0.05, 0.1) is 9.80 Å². The minimum Gasteiger partial charge on any atom is -0.266 e. The van der Waals surface area contributed by atoms with Gasteiger partial charge in [-0.15, -0.1) is 0 Å². The molecule has 1 unspecified atom stereocenters. The van der Waals surface area contributed by atoms with Crippen LogP contribution in [0.25, 0.3) is 0 Å². The van der Waals surface area contributed by atoms with Crippen molar-refractivity contribution in [2.24, 2.45) is 0 Å². The Morgan fingerprint density at radius 2 is 1.87 bits per heavy atom. The Balaban J connectivity index is 2.01. The summed E-state index contributed by atoms with van der Waals surface area (Å²) in [6.45, 7) is 5.49. The minimum atomic E-state index is -1.72. The van der Waals surface area contributed by atoms with Gasteiger partial charge in [-0.25, -0.2) is 14.4 Å². The van der Waals surface area contributed by atoms with Gasteiger partial charge in [-0.05, 0) is 45.1 Å². The lowest BCUT2D eigenvalue weighted by Crippen LogP contribution is -2.49. The van der Waals surface area contributed by atoms with Crippen molar-refractivity contribution >= 4 is 51.2 Å². The summed E-state index contributed by atoms with van der Waals surface area (Å²) in [5, 5.41) is 0.976. The largest absolute Gasteiger partial charge is 0.346 e. The smallest absolute Gasteiger partial charge is 0.266 e. The molecule has 1 heterocycles. The highest BCUT2D eigenvalue weighted by molar-refractivity contribution is 8.26. The molecule has 9 heteroatoms. The first-order valence-corrected chi connectivity index (χ1v) is 8.96. The zero-order chi connectivity index (χ0) is 17.1. The van der Waals surface area contributed by atoms with Crippen molar-refractivity contribution in [2.45, 2.75) is 25.7 Å². The van der Waals surface area contributed by atoms with E-state index in [0.29, 0.717) is 9.80 Å². The molecule has 23 heavy (non-hydrogen) atoms. The maximum Gasteiger partial charge on any atom is 0.346 e. The lowest BCUT2D eigenvalue weighted by Gasteiger charge is -2.16. The number of carbonyl (C=O) groups is 2. The van der Waals surface area contributed by atoms with Crippen LogP contribution in [-0.2, 0) is 15.8 Å². The molecule has 2 N–H and O–H groups in total. The summed E-state index contributed by atoms with van der Waals surface area (Å²) < 4.78 is 14.6. The van der Waals surface area contributed by atoms with E-state index < -0.39 is 22.9 Å². The number of benzene rings is 1. The number of rotatable bonds is 3. The summed E-state index contributed by atoms with van der Waals surface area (Å²) in [6.07, 6.45) is 0. The normalized spacial score (nSPS) is 15.6. The van der Waals surface area contributed by atoms with E-state index in [-0.39, 0.29) is 4.32 Å². The second-order valence-corrected chi connectivity index (χ2v) is 7.82. The van der Waals surface area contributed by atoms with Gasteiger partial charge in [0.2, 0.25) is 0 Å². The minimum absolute atomic E-state index is 0.225. The predicted molar refractivity (Wildman–Crippen MR) is 94.7 cm³/mol. The summed E-state index contributed by atoms with van der Waals surface area (Å²) >= 11 is 6.19. The lowest BCUT2D eigenvalue weighted by atomic mass is 10.2. The molecule has 0 spiro atoms. The van der Waals surface area contributed by atoms with Gasteiger partial charge in [0.1, 0.15) is 0 Å². The van der Waals surface area contributed by atoms with Crippen molar-refractivity contribution < 1.29 is 13.8 Å². The zero-order valence-corrected chi connectivity index (χ0v) is 15.2. The van der Waals surface area contributed by atoms with E-state index in [1.807, 2.05) is 6.92 Å². The highest BCUT2D eigenvalue weighted by Gasteiger charge is 2.34. The van der Waals surface area contributed by atoms with E-state index in [1.165, 1.54) is 0 Å². The Hall–Kier alpha value is -1.71. The Labute approximate surface area is 146 Å². The van der Waals surface area contributed by atoms with Crippen molar-refractivity contribution in [1.82, 2.24) is 15.2 Å². The molecule has 1 saturated heterocycles. The van der Waals surface area contributed by atoms with Gasteiger partial charge in [0, 0.05) is 0 Å². The van der Waals surface area contributed by atoms with Crippen molar-refractivity contribution in [2.75, 3.05) is 0 Å². The molecular formula is C14H15N3O3S3. The summed E-state index contributed by atoms with van der Waals surface area (Å²) in [7, 11) is -1.72. The van der Waals surface area contributed by atoms with Gasteiger partial charge in [-0.2, -0.15) is 5.01 Å². The topological polar surface area (TPSA) is 78.5 Å². The quantitative estimate of drug-likeness (QED) is 0.632. The number of hydrogen-bond donors (Lipinski definition) is 2. The van der Waals surface area contributed by atoms with Crippen LogP contribution in [0.5, 0.6) is 0 Å². The van der Waals surface area contributed by atoms with Crippen LogP contribution in [-0.4, -0.2) is 25.5 Å². The molecule has 1 aliphatic rings. The molecule has 0 radical (unpaired) electrons. The van der Waals surface area contributed by atoms with Gasteiger partial charge in [0.25, 0.3) is 5.91 Å². The highest BCUT2D eigenvalue weighted by atomic mass is 32.2. The molecule has 0 saturated carbocycles. The first-order chi connectivity index (χ1) is 10.8. The Kier molecular flexibility index (Phi) is 5.55. The molecule has 1 aliphatic heterocycles. The van der Waals surface area contributed by atoms with Crippen LogP contribution in [0, 0.1) is 6.92 Å². The first-order valence-electron chi connectivity index (χ1n) is 6.59. The average Bonchev–Trinajstić information content (AvgIpc) is 2.76. The molecule has 1 aromatic carbocycles. The molecule has 1 atom stereocenters. The lowest BCUT2D eigenvalue weighted by molar-refractivity contribution is -0.123. The Morgan fingerprint density at radius 3 is 2.39 bits per heavy atom. The summed E-state index contributed by atoms with van der Waals surface area (Å²) in [4.78, 5) is 25.0. The number of nitrogens with one attached hydrogen (secondary N) is 2. The third-order valence-electron chi connectivity index (χ3n) is 2.86. The van der Waals surface area contributed by atoms with E-state index in [0.717, 1.165) is 27.9 Å². The van der Waals surface area contributed by atoms with E-state index >= 15 is 0 Å². The second kappa shape index (κ2) is 7.24. The van der Waals surface area contributed by atoms with Crippen LogP contribution in [0.3, 0.4) is 0 Å². The van der Waals surface area contributed by atoms with Gasteiger partial charge in [-0.1, -0.05) is 35.0 Å². The van der Waals surface area contributed by atoms with Crippen molar-refractivity contribution in [3.8, 4) is 0 Å². The molecule has 0 aromatic heterocycles. The predicted octanol–water partition coefficient (Wildman–Crippen LogP) is 2.39. The molecule has 6 nitrogen and oxygen atoms in total. The fraction of sp³-hybridized carbons (Fsp3) is 0.214. The molecule has 1 fully saturated rings. The Bertz CT molecular complexity index is 725. The third-order valence-corrected chi connectivity index (χ3v) is 5.51. The zero-order valence-electron chi connectivity index (χ0n) is 12.7. The standard InChI is InChI=1S/C14H15N3O3S3/c1-8(2)11-12(18)17(14(21)22-11)15-13(19)16-23(20)10-6-4-9(3)5-7-10/h4-7H,1-3H3,(H2,15,16,19). The van der Waals surface area contributed by atoms with Gasteiger partial charge in [0.15, 0.2) is 15.3 Å². The van der Waals surface area contributed by atoms with Crippen molar-refractivity contribution in [1.29, 1.82) is 0 Å². The average molecular weight is 369 g/mol. The molecule has 122 valence electrons. The molecule has 3 amide bonds. The number of hydrazine groups is 1. The number of urea groups is 1.